The van der Waals surface area contributed by atoms with Gasteiger partial charge in [-0.1, -0.05) is 34.8 Å². The van der Waals surface area contributed by atoms with Gasteiger partial charge in [0.15, 0.2) is 5.75 Å². The second-order valence-corrected chi connectivity index (χ2v) is 11.2. The fourth-order valence-electron chi connectivity index (χ4n) is 3.70. The van der Waals surface area contributed by atoms with Crippen LogP contribution in [0.5, 0.6) is 11.5 Å². The number of aryl methyl sites for hydroxylation is 1. The third kappa shape index (κ3) is 5.73. The van der Waals surface area contributed by atoms with E-state index < -0.39 is 26.8 Å². The van der Waals surface area contributed by atoms with Crippen LogP contribution in [-0.4, -0.2) is 24.7 Å². The van der Waals surface area contributed by atoms with E-state index in [-0.39, 0.29) is 27.9 Å². The Labute approximate surface area is 232 Å². The Morgan fingerprint density at radius 3 is 2.37 bits per heavy atom. The van der Waals surface area contributed by atoms with Crippen LogP contribution < -0.4 is 9.04 Å². The molecule has 0 aliphatic carbocycles. The van der Waals surface area contributed by atoms with Crippen molar-refractivity contribution in [2.24, 2.45) is 0 Å². The highest BCUT2D eigenvalue weighted by molar-refractivity contribution is 7.93. The molecule has 0 radical (unpaired) electrons. The molecule has 1 heterocycles. The zero-order chi connectivity index (χ0) is 27.8. The number of rotatable bonds is 7. The maximum atomic E-state index is 13.3. The van der Waals surface area contributed by atoms with Gasteiger partial charge in [-0.15, -0.1) is 0 Å². The summed E-state index contributed by atoms with van der Waals surface area (Å²) in [6.07, 6.45) is -1.85. The first-order valence-corrected chi connectivity index (χ1v) is 13.6. The Bertz CT molecular complexity index is 1610. The molecule has 0 spiro atoms. The van der Waals surface area contributed by atoms with Crippen LogP contribution in [0.1, 0.15) is 18.1 Å². The van der Waals surface area contributed by atoms with Gasteiger partial charge in [0.05, 0.1) is 39.4 Å². The fourth-order valence-corrected chi connectivity index (χ4v) is 6.14. The number of alkyl halides is 3. The number of hydrogen-bond donors (Lipinski definition) is 0. The van der Waals surface area contributed by atoms with E-state index in [9.17, 15) is 21.6 Å². The molecule has 0 saturated carbocycles. The highest BCUT2D eigenvalue weighted by atomic mass is 35.5. The molecule has 0 aliphatic rings. The lowest BCUT2D eigenvalue weighted by Crippen LogP contribution is -2.31. The number of anilines is 1. The molecule has 0 fully saturated rings. The van der Waals surface area contributed by atoms with Crippen molar-refractivity contribution in [3.63, 3.8) is 0 Å². The zero-order valence-corrected chi connectivity index (χ0v) is 22.9. The summed E-state index contributed by atoms with van der Waals surface area (Å²) in [7, 11) is -3.99. The Kier molecular flexibility index (Phi) is 7.90. The smallest absolute Gasteiger partial charge is 0.417 e. The molecule has 0 saturated heterocycles. The standard InChI is InChI=1S/C25H19Cl3F3N3O3S/c1-3-34(38(35,36)24-9-4-16(26)11-22(24)28)18-6-8-23(15(2)10-18)37-19-13-32-33(14-19)17-5-7-21(27)20(12-17)25(29,30)31/h4-14H,3H2,1-2H3. The van der Waals surface area contributed by atoms with E-state index in [2.05, 4.69) is 5.10 Å². The van der Waals surface area contributed by atoms with Crippen LogP contribution in [-0.2, 0) is 16.2 Å². The molecule has 4 rings (SSSR count). The van der Waals surface area contributed by atoms with Gasteiger partial charge < -0.3 is 4.74 Å². The lowest BCUT2D eigenvalue weighted by Gasteiger charge is -2.24. The van der Waals surface area contributed by atoms with Crippen molar-refractivity contribution in [2.75, 3.05) is 10.8 Å². The van der Waals surface area contributed by atoms with Crippen LogP contribution in [0, 0.1) is 6.92 Å². The van der Waals surface area contributed by atoms with Gasteiger partial charge in [0.1, 0.15) is 10.6 Å². The van der Waals surface area contributed by atoms with Crippen LogP contribution in [0.4, 0.5) is 18.9 Å². The van der Waals surface area contributed by atoms with Crippen molar-refractivity contribution in [3.8, 4) is 17.2 Å². The largest absolute Gasteiger partial charge is 0.454 e. The number of sulfonamides is 1. The third-order valence-electron chi connectivity index (χ3n) is 5.50. The minimum absolute atomic E-state index is 0.00711. The normalized spacial score (nSPS) is 12.0. The van der Waals surface area contributed by atoms with Gasteiger partial charge in [-0.25, -0.2) is 13.1 Å². The Balaban J connectivity index is 1.58. The summed E-state index contributed by atoms with van der Waals surface area (Å²) in [6, 6.07) is 12.4. The highest BCUT2D eigenvalue weighted by Crippen LogP contribution is 2.37. The second kappa shape index (κ2) is 10.7. The van der Waals surface area contributed by atoms with E-state index in [1.807, 2.05) is 0 Å². The van der Waals surface area contributed by atoms with Crippen molar-refractivity contribution >= 4 is 50.5 Å². The van der Waals surface area contributed by atoms with Crippen LogP contribution in [0.2, 0.25) is 15.1 Å². The van der Waals surface area contributed by atoms with Crippen molar-refractivity contribution in [3.05, 3.63) is 93.2 Å². The minimum Gasteiger partial charge on any atom is -0.454 e. The zero-order valence-electron chi connectivity index (χ0n) is 19.8. The molecule has 3 aromatic carbocycles. The molecule has 0 unspecified atom stereocenters. The number of aromatic nitrogens is 2. The predicted molar refractivity (Wildman–Crippen MR) is 141 cm³/mol. The molecule has 0 N–H and O–H groups in total. The molecule has 0 atom stereocenters. The van der Waals surface area contributed by atoms with Crippen LogP contribution in [0.15, 0.2) is 71.9 Å². The summed E-state index contributed by atoms with van der Waals surface area (Å²) < 4.78 is 74.5. The van der Waals surface area contributed by atoms with E-state index in [0.717, 1.165) is 12.1 Å². The maximum Gasteiger partial charge on any atom is 0.417 e. The van der Waals surface area contributed by atoms with Crippen LogP contribution in [0.25, 0.3) is 5.69 Å². The molecule has 38 heavy (non-hydrogen) atoms. The molecular weight excluding hydrogens is 586 g/mol. The van der Waals surface area contributed by atoms with E-state index in [0.29, 0.717) is 22.0 Å². The van der Waals surface area contributed by atoms with Gasteiger partial charge in [0, 0.05) is 11.6 Å². The number of halogens is 6. The number of nitrogens with zero attached hydrogens (tertiary/aromatic N) is 3. The van der Waals surface area contributed by atoms with Crippen molar-refractivity contribution in [2.45, 2.75) is 24.9 Å². The third-order valence-corrected chi connectivity index (χ3v) is 8.45. The summed E-state index contributed by atoms with van der Waals surface area (Å²) in [5.74, 6) is 0.663. The van der Waals surface area contributed by atoms with Gasteiger partial charge in [0.2, 0.25) is 0 Å². The average molecular weight is 605 g/mol. The highest BCUT2D eigenvalue weighted by Gasteiger charge is 2.33. The Hall–Kier alpha value is -2.92. The molecule has 1 aromatic heterocycles. The predicted octanol–water partition coefficient (Wildman–Crippen LogP) is 8.17. The first-order chi connectivity index (χ1) is 17.8. The van der Waals surface area contributed by atoms with Gasteiger partial charge in [-0.05, 0) is 74.0 Å². The summed E-state index contributed by atoms with van der Waals surface area (Å²) in [4.78, 5) is -0.0771. The van der Waals surface area contributed by atoms with E-state index in [4.69, 9.17) is 39.5 Å². The molecule has 0 bridgehead atoms. The van der Waals surface area contributed by atoms with Crippen LogP contribution in [0.3, 0.4) is 0 Å². The van der Waals surface area contributed by atoms with Crippen molar-refractivity contribution in [1.29, 1.82) is 0 Å². The number of benzene rings is 3. The number of ether oxygens (including phenoxy) is 1. The Morgan fingerprint density at radius 1 is 1.00 bits per heavy atom. The fraction of sp³-hybridized carbons (Fsp3) is 0.160. The summed E-state index contributed by atoms with van der Waals surface area (Å²) in [5, 5.41) is 3.98. The number of hydrogen-bond acceptors (Lipinski definition) is 4. The molecular formula is C25H19Cl3F3N3O3S. The Morgan fingerprint density at radius 2 is 1.74 bits per heavy atom. The van der Waals surface area contributed by atoms with Gasteiger partial charge in [-0.2, -0.15) is 18.3 Å². The van der Waals surface area contributed by atoms with Gasteiger partial charge in [-0.3, -0.25) is 4.31 Å². The summed E-state index contributed by atoms with van der Waals surface area (Å²) in [5.41, 5.74) is 0.168. The summed E-state index contributed by atoms with van der Waals surface area (Å²) in [6.45, 7) is 3.55. The molecule has 0 aliphatic heterocycles. The minimum atomic E-state index is -4.61. The SMILES string of the molecule is CCN(c1ccc(Oc2cnn(-c3ccc(Cl)c(C(F)(F)F)c3)c2)c(C)c1)S(=O)(=O)c1ccc(Cl)cc1Cl. The topological polar surface area (TPSA) is 64.4 Å². The van der Waals surface area contributed by atoms with Crippen molar-refractivity contribution < 1.29 is 26.3 Å². The first-order valence-electron chi connectivity index (χ1n) is 11.0. The van der Waals surface area contributed by atoms with E-state index in [1.54, 1.807) is 32.0 Å². The second-order valence-electron chi connectivity index (χ2n) is 8.08. The maximum absolute atomic E-state index is 13.3. The lowest BCUT2D eigenvalue weighted by molar-refractivity contribution is -0.137. The van der Waals surface area contributed by atoms with Gasteiger partial charge >= 0.3 is 6.18 Å². The molecule has 4 aromatic rings. The monoisotopic (exact) mass is 603 g/mol. The summed E-state index contributed by atoms with van der Waals surface area (Å²) >= 11 is 17.8. The molecule has 13 heteroatoms. The van der Waals surface area contributed by atoms with Crippen LogP contribution >= 0.6 is 34.8 Å². The van der Waals surface area contributed by atoms with E-state index >= 15 is 0 Å². The quantitative estimate of drug-likeness (QED) is 0.213. The lowest BCUT2D eigenvalue weighted by atomic mass is 10.2. The molecule has 6 nitrogen and oxygen atoms in total. The molecule has 200 valence electrons. The van der Waals surface area contributed by atoms with E-state index in [1.165, 1.54) is 45.6 Å². The molecule has 0 amide bonds. The average Bonchev–Trinajstić information content (AvgIpc) is 3.29. The van der Waals surface area contributed by atoms with Gasteiger partial charge in [0.25, 0.3) is 10.0 Å². The first kappa shape index (κ1) is 28.1. The van der Waals surface area contributed by atoms with Crippen molar-refractivity contribution in [1.82, 2.24) is 9.78 Å².